The van der Waals surface area contributed by atoms with E-state index in [-0.39, 0.29) is 0 Å². The summed E-state index contributed by atoms with van der Waals surface area (Å²) < 4.78 is 34.9. The Labute approximate surface area is 182 Å². The number of ether oxygens (including phenoxy) is 1. The molecule has 3 aromatic rings. The van der Waals surface area contributed by atoms with Crippen molar-refractivity contribution in [1.29, 1.82) is 0 Å². The molecule has 160 valence electrons. The van der Waals surface area contributed by atoms with Gasteiger partial charge in [0.25, 0.3) is 0 Å². The van der Waals surface area contributed by atoms with Gasteiger partial charge in [0.2, 0.25) is 10.0 Å². The molecule has 0 radical (unpaired) electrons. The Hall–Kier alpha value is -1.87. The number of fused-ring (bicyclic) bond motifs is 1. The van der Waals surface area contributed by atoms with E-state index in [4.69, 9.17) is 9.72 Å². The van der Waals surface area contributed by atoms with Gasteiger partial charge < -0.3 is 9.30 Å². The van der Waals surface area contributed by atoms with Gasteiger partial charge >= 0.3 is 0 Å². The Morgan fingerprint density at radius 1 is 1.10 bits per heavy atom. The summed E-state index contributed by atoms with van der Waals surface area (Å²) in [6.45, 7) is 6.69. The lowest BCUT2D eigenvalue weighted by Gasteiger charge is -2.26. The minimum absolute atomic E-state index is 0.303. The monoisotopic (exact) mass is 445 g/mol. The summed E-state index contributed by atoms with van der Waals surface area (Å²) in [4.78, 5) is 5.09. The molecule has 30 heavy (non-hydrogen) atoms. The number of hydrogen-bond acceptors (Lipinski definition) is 5. The minimum atomic E-state index is -3.52. The van der Waals surface area contributed by atoms with Crippen LogP contribution in [0.1, 0.15) is 23.9 Å². The van der Waals surface area contributed by atoms with Gasteiger partial charge in [-0.25, -0.2) is 13.4 Å². The first kappa shape index (κ1) is 21.4. The molecule has 1 aliphatic rings. The predicted molar refractivity (Wildman–Crippen MR) is 121 cm³/mol. The van der Waals surface area contributed by atoms with Gasteiger partial charge in [0.15, 0.2) is 0 Å². The third-order valence-electron chi connectivity index (χ3n) is 5.47. The lowest BCUT2D eigenvalue weighted by atomic mass is 10.1. The first-order chi connectivity index (χ1) is 14.5. The van der Waals surface area contributed by atoms with Crippen molar-refractivity contribution in [2.24, 2.45) is 0 Å². The van der Waals surface area contributed by atoms with E-state index >= 15 is 0 Å². The molecule has 0 bridgehead atoms. The summed E-state index contributed by atoms with van der Waals surface area (Å²) in [6, 6.07) is 13.7. The number of rotatable bonds is 7. The average Bonchev–Trinajstić information content (AvgIpc) is 3.12. The highest BCUT2D eigenvalue weighted by Crippen LogP contribution is 2.26. The van der Waals surface area contributed by atoms with Crippen molar-refractivity contribution in [3.05, 3.63) is 59.4 Å². The Morgan fingerprint density at radius 2 is 1.87 bits per heavy atom. The molecule has 0 spiro atoms. The molecule has 0 aliphatic carbocycles. The lowest BCUT2D eigenvalue weighted by Crippen LogP contribution is -2.40. The van der Waals surface area contributed by atoms with Crippen molar-refractivity contribution in [1.82, 2.24) is 13.9 Å². The van der Waals surface area contributed by atoms with Crippen LogP contribution >= 0.6 is 11.8 Å². The molecule has 1 saturated heterocycles. The Balaban J connectivity index is 1.57. The van der Waals surface area contributed by atoms with E-state index in [1.54, 1.807) is 12.1 Å². The molecule has 8 heteroatoms. The van der Waals surface area contributed by atoms with Gasteiger partial charge in [-0.1, -0.05) is 24.3 Å². The fourth-order valence-electron chi connectivity index (χ4n) is 3.74. The first-order valence-electron chi connectivity index (χ1n) is 10.2. The van der Waals surface area contributed by atoms with E-state index in [1.165, 1.54) is 15.4 Å². The fourth-order valence-corrected chi connectivity index (χ4v) is 6.22. The largest absolute Gasteiger partial charge is 0.379 e. The molecule has 0 saturated carbocycles. The molecule has 4 rings (SSSR count). The molecule has 0 unspecified atom stereocenters. The zero-order chi connectivity index (χ0) is 21.1. The molecule has 0 atom stereocenters. The number of benzene rings is 2. The van der Waals surface area contributed by atoms with Gasteiger partial charge in [0, 0.05) is 25.4 Å². The lowest BCUT2D eigenvalue weighted by molar-refractivity contribution is 0.0730. The maximum Gasteiger partial charge on any atom is 0.243 e. The highest BCUT2D eigenvalue weighted by atomic mass is 32.2. The van der Waals surface area contributed by atoms with Crippen LogP contribution in [0.25, 0.3) is 11.0 Å². The van der Waals surface area contributed by atoms with Gasteiger partial charge in [-0.05, 0) is 43.2 Å². The summed E-state index contributed by atoms with van der Waals surface area (Å²) in [5.74, 6) is 2.69. The Kier molecular flexibility index (Phi) is 6.48. The number of thioether (sulfide) groups is 1. The second kappa shape index (κ2) is 9.09. The molecule has 6 nitrogen and oxygen atoms in total. The summed E-state index contributed by atoms with van der Waals surface area (Å²) >= 11 is 1.83. The predicted octanol–water partition coefficient (Wildman–Crippen LogP) is 3.82. The third-order valence-corrected chi connectivity index (χ3v) is 8.34. The molecule has 1 fully saturated rings. The van der Waals surface area contributed by atoms with Crippen molar-refractivity contribution < 1.29 is 13.2 Å². The fraction of sp³-hybridized carbons (Fsp3) is 0.409. The Morgan fingerprint density at radius 3 is 2.60 bits per heavy atom. The van der Waals surface area contributed by atoms with E-state index in [0.29, 0.717) is 31.2 Å². The van der Waals surface area contributed by atoms with Crippen molar-refractivity contribution in [3.63, 3.8) is 0 Å². The van der Waals surface area contributed by atoms with Gasteiger partial charge in [0.05, 0.1) is 34.9 Å². The molecular weight excluding hydrogens is 418 g/mol. The average molecular weight is 446 g/mol. The van der Waals surface area contributed by atoms with Crippen LogP contribution in [0, 0.1) is 6.92 Å². The number of hydrogen-bond donors (Lipinski definition) is 0. The topological polar surface area (TPSA) is 64.4 Å². The van der Waals surface area contributed by atoms with Gasteiger partial charge in [0.1, 0.15) is 5.82 Å². The van der Waals surface area contributed by atoms with Crippen LogP contribution in [-0.2, 0) is 32.8 Å². The molecule has 2 aromatic carbocycles. The summed E-state index contributed by atoms with van der Waals surface area (Å²) in [7, 11) is -3.52. The van der Waals surface area contributed by atoms with Crippen LogP contribution in [-0.4, -0.2) is 48.6 Å². The van der Waals surface area contributed by atoms with E-state index in [0.717, 1.165) is 34.9 Å². The maximum atomic E-state index is 13.0. The van der Waals surface area contributed by atoms with Crippen LogP contribution in [0.3, 0.4) is 0 Å². The first-order valence-corrected chi connectivity index (χ1v) is 12.8. The normalized spacial score (nSPS) is 15.7. The molecule has 1 aliphatic heterocycles. The molecule has 2 heterocycles. The summed E-state index contributed by atoms with van der Waals surface area (Å²) in [5.41, 5.74) is 4.34. The number of aryl methyl sites for hydroxylation is 2. The number of sulfonamides is 1. The van der Waals surface area contributed by atoms with Gasteiger partial charge in [-0.15, -0.1) is 11.8 Å². The summed E-state index contributed by atoms with van der Waals surface area (Å²) in [6.07, 6.45) is 0. The molecule has 0 N–H and O–H groups in total. The number of imidazole rings is 1. The van der Waals surface area contributed by atoms with E-state index in [1.807, 2.05) is 17.8 Å². The van der Waals surface area contributed by atoms with Crippen molar-refractivity contribution >= 4 is 32.8 Å². The van der Waals surface area contributed by atoms with E-state index in [2.05, 4.69) is 42.7 Å². The zero-order valence-electron chi connectivity index (χ0n) is 17.4. The minimum Gasteiger partial charge on any atom is -0.379 e. The van der Waals surface area contributed by atoms with Gasteiger partial charge in [-0.2, -0.15) is 4.31 Å². The second-order valence-electron chi connectivity index (χ2n) is 7.36. The van der Waals surface area contributed by atoms with Crippen LogP contribution in [0.15, 0.2) is 47.4 Å². The Bertz CT molecular complexity index is 1140. The second-order valence-corrected chi connectivity index (χ2v) is 10.3. The van der Waals surface area contributed by atoms with Gasteiger partial charge in [-0.3, -0.25) is 0 Å². The standard InChI is InChI=1S/C22H27N3O3S2/c1-3-25-21-9-8-19(30(26,27)24-10-12-28-13-11-24)14-20(21)23-22(25)16-29-15-18-7-5-4-6-17(18)2/h4-9,14H,3,10-13,15-16H2,1-2H3. The number of nitrogens with zero attached hydrogens (tertiary/aromatic N) is 3. The third kappa shape index (κ3) is 4.27. The highest BCUT2D eigenvalue weighted by molar-refractivity contribution is 7.97. The number of morpholine rings is 1. The van der Waals surface area contributed by atoms with Crippen LogP contribution in [0.4, 0.5) is 0 Å². The van der Waals surface area contributed by atoms with E-state index in [9.17, 15) is 8.42 Å². The van der Waals surface area contributed by atoms with Crippen LogP contribution in [0.5, 0.6) is 0 Å². The van der Waals surface area contributed by atoms with Crippen molar-refractivity contribution in [3.8, 4) is 0 Å². The van der Waals surface area contributed by atoms with E-state index < -0.39 is 10.0 Å². The van der Waals surface area contributed by atoms with Crippen molar-refractivity contribution in [2.75, 3.05) is 26.3 Å². The zero-order valence-corrected chi connectivity index (χ0v) is 19.0. The maximum absolute atomic E-state index is 13.0. The smallest absolute Gasteiger partial charge is 0.243 e. The van der Waals surface area contributed by atoms with Crippen LogP contribution in [0.2, 0.25) is 0 Å². The molecule has 1 aromatic heterocycles. The van der Waals surface area contributed by atoms with Crippen LogP contribution < -0.4 is 0 Å². The highest BCUT2D eigenvalue weighted by Gasteiger charge is 2.27. The SMILES string of the molecule is CCn1c(CSCc2ccccc2C)nc2cc(S(=O)(=O)N3CCOCC3)ccc21. The molecule has 0 amide bonds. The number of aromatic nitrogens is 2. The quantitative estimate of drug-likeness (QED) is 0.553. The molecular formula is C22H27N3O3S2. The van der Waals surface area contributed by atoms with Crippen molar-refractivity contribution in [2.45, 2.75) is 36.8 Å². The summed E-state index contributed by atoms with van der Waals surface area (Å²) in [5, 5.41) is 0.